The number of pyridine rings is 1. The predicted molar refractivity (Wildman–Crippen MR) is 102 cm³/mol. The fourth-order valence-corrected chi connectivity index (χ4v) is 4.00. The quantitative estimate of drug-likeness (QED) is 0.772. The smallest absolute Gasteiger partial charge is 0.225 e. The molecule has 0 atom stereocenters. The largest absolute Gasteiger partial charge is 0.378 e. The van der Waals surface area contributed by atoms with Crippen molar-refractivity contribution < 1.29 is 9.53 Å². The number of rotatable bonds is 2. The van der Waals surface area contributed by atoms with E-state index in [-0.39, 0.29) is 5.92 Å². The molecule has 0 radical (unpaired) electrons. The van der Waals surface area contributed by atoms with Crippen LogP contribution in [0.3, 0.4) is 0 Å². The molecule has 0 spiro atoms. The highest BCUT2D eigenvalue weighted by molar-refractivity contribution is 9.10. The lowest BCUT2D eigenvalue weighted by Crippen LogP contribution is -2.46. The van der Waals surface area contributed by atoms with Crippen molar-refractivity contribution in [1.29, 1.82) is 0 Å². The van der Waals surface area contributed by atoms with Crippen LogP contribution in [0.5, 0.6) is 0 Å². The van der Waals surface area contributed by atoms with E-state index in [9.17, 15) is 4.79 Å². The number of anilines is 1. The highest BCUT2D eigenvalue weighted by atomic mass is 79.9. The molecule has 1 aromatic heterocycles. The fourth-order valence-electron chi connectivity index (χ4n) is 3.65. The average Bonchev–Trinajstić information content (AvgIpc) is 2.67. The van der Waals surface area contributed by atoms with E-state index in [0.29, 0.717) is 19.1 Å². The number of hydrogen-bond acceptors (Lipinski definition) is 4. The van der Waals surface area contributed by atoms with Crippen molar-refractivity contribution in [2.24, 2.45) is 5.92 Å². The number of halogens is 1. The molecule has 5 nitrogen and oxygen atoms in total. The lowest BCUT2D eigenvalue weighted by atomic mass is 9.95. The van der Waals surface area contributed by atoms with Gasteiger partial charge in [-0.3, -0.25) is 4.79 Å². The maximum Gasteiger partial charge on any atom is 0.225 e. The Kier molecular flexibility index (Phi) is 4.90. The van der Waals surface area contributed by atoms with E-state index < -0.39 is 0 Å². The first-order chi connectivity index (χ1) is 12.2. The third-order valence-corrected chi connectivity index (χ3v) is 5.62. The number of morpholine rings is 1. The second kappa shape index (κ2) is 7.30. The Morgan fingerprint density at radius 2 is 1.80 bits per heavy atom. The Labute approximate surface area is 156 Å². The Morgan fingerprint density at radius 3 is 2.56 bits per heavy atom. The molecule has 0 bridgehead atoms. The van der Waals surface area contributed by atoms with Crippen LogP contribution in [0, 0.1) is 5.92 Å². The van der Waals surface area contributed by atoms with Crippen molar-refractivity contribution in [3.63, 3.8) is 0 Å². The second-order valence-electron chi connectivity index (χ2n) is 6.71. The topological polar surface area (TPSA) is 45.7 Å². The first kappa shape index (κ1) is 16.8. The molecular weight excluding hydrogens is 382 g/mol. The maximum atomic E-state index is 12.6. The number of carbonyl (C=O) groups excluding carboxylic acids is 1. The van der Waals surface area contributed by atoms with Gasteiger partial charge < -0.3 is 14.5 Å². The van der Waals surface area contributed by atoms with Gasteiger partial charge in [0.05, 0.1) is 18.7 Å². The van der Waals surface area contributed by atoms with Crippen LogP contribution in [0.15, 0.2) is 34.8 Å². The molecule has 2 saturated heterocycles. The zero-order valence-corrected chi connectivity index (χ0v) is 15.7. The molecule has 4 rings (SSSR count). The molecule has 3 heterocycles. The number of ether oxygens (including phenoxy) is 1. The molecule has 6 heteroatoms. The lowest BCUT2D eigenvalue weighted by Gasteiger charge is -2.36. The van der Waals surface area contributed by atoms with E-state index in [1.165, 1.54) is 0 Å². The van der Waals surface area contributed by atoms with Crippen molar-refractivity contribution in [2.45, 2.75) is 12.8 Å². The molecule has 2 aliphatic heterocycles. The van der Waals surface area contributed by atoms with Crippen molar-refractivity contribution in [1.82, 2.24) is 9.88 Å². The van der Waals surface area contributed by atoms with Crippen LogP contribution in [0.1, 0.15) is 12.8 Å². The van der Waals surface area contributed by atoms with Gasteiger partial charge in [-0.15, -0.1) is 0 Å². The Morgan fingerprint density at radius 1 is 1.08 bits per heavy atom. The Bertz CT molecular complexity index is 768. The van der Waals surface area contributed by atoms with Crippen molar-refractivity contribution in [3.05, 3.63) is 34.8 Å². The summed E-state index contributed by atoms with van der Waals surface area (Å²) in [6, 6.07) is 10.4. The van der Waals surface area contributed by atoms with E-state index >= 15 is 0 Å². The van der Waals surface area contributed by atoms with Crippen molar-refractivity contribution in [2.75, 3.05) is 44.3 Å². The van der Waals surface area contributed by atoms with Gasteiger partial charge in [-0.2, -0.15) is 0 Å². The van der Waals surface area contributed by atoms with Gasteiger partial charge in [0.15, 0.2) is 0 Å². The van der Waals surface area contributed by atoms with E-state index in [1.54, 1.807) is 0 Å². The standard InChI is InChI=1S/C19H22BrN3O2/c20-16-3-1-14-2-4-18(21-17(14)13-16)22-7-5-15(6-8-22)19(24)23-9-11-25-12-10-23/h1-4,13,15H,5-12H2. The number of hydrogen-bond donors (Lipinski definition) is 0. The molecule has 0 saturated carbocycles. The van der Waals surface area contributed by atoms with Gasteiger partial charge in [0.25, 0.3) is 0 Å². The van der Waals surface area contributed by atoms with Gasteiger partial charge in [0.1, 0.15) is 5.82 Å². The molecule has 0 unspecified atom stereocenters. The number of piperidine rings is 1. The van der Waals surface area contributed by atoms with Crippen LogP contribution in [-0.4, -0.2) is 55.2 Å². The monoisotopic (exact) mass is 403 g/mol. The van der Waals surface area contributed by atoms with Crippen molar-refractivity contribution in [3.8, 4) is 0 Å². The SMILES string of the molecule is O=C(C1CCN(c2ccc3ccc(Br)cc3n2)CC1)N1CCOCC1. The molecule has 25 heavy (non-hydrogen) atoms. The third kappa shape index (κ3) is 3.65. The molecule has 2 fully saturated rings. The number of carbonyl (C=O) groups is 1. The summed E-state index contributed by atoms with van der Waals surface area (Å²) in [6.07, 6.45) is 1.79. The molecule has 0 N–H and O–H groups in total. The molecule has 1 aromatic carbocycles. The summed E-state index contributed by atoms with van der Waals surface area (Å²) >= 11 is 3.51. The number of aromatic nitrogens is 1. The number of nitrogens with zero attached hydrogens (tertiary/aromatic N) is 3. The summed E-state index contributed by atoms with van der Waals surface area (Å²) in [5, 5.41) is 1.14. The molecule has 1 amide bonds. The number of fused-ring (bicyclic) bond motifs is 1. The van der Waals surface area contributed by atoms with E-state index in [2.05, 4.69) is 39.0 Å². The van der Waals surface area contributed by atoms with Crippen LogP contribution in [-0.2, 0) is 9.53 Å². The second-order valence-corrected chi connectivity index (χ2v) is 7.62. The van der Waals surface area contributed by atoms with Gasteiger partial charge >= 0.3 is 0 Å². The molecular formula is C19H22BrN3O2. The van der Waals surface area contributed by atoms with Gasteiger partial charge in [-0.25, -0.2) is 4.98 Å². The summed E-state index contributed by atoms with van der Waals surface area (Å²) in [4.78, 5) is 21.7. The zero-order valence-electron chi connectivity index (χ0n) is 14.2. The van der Waals surface area contributed by atoms with Gasteiger partial charge in [0.2, 0.25) is 5.91 Å². The van der Waals surface area contributed by atoms with Crippen LogP contribution < -0.4 is 4.90 Å². The first-order valence-electron chi connectivity index (χ1n) is 8.88. The van der Waals surface area contributed by atoms with Crippen LogP contribution in [0.4, 0.5) is 5.82 Å². The Balaban J connectivity index is 1.42. The minimum atomic E-state index is 0.143. The first-order valence-corrected chi connectivity index (χ1v) is 9.68. The van der Waals surface area contributed by atoms with Crippen LogP contribution in [0.2, 0.25) is 0 Å². The summed E-state index contributed by atoms with van der Waals surface area (Å²) in [5.41, 5.74) is 0.999. The highest BCUT2D eigenvalue weighted by Crippen LogP contribution is 2.26. The van der Waals surface area contributed by atoms with E-state index in [0.717, 1.165) is 60.2 Å². The highest BCUT2D eigenvalue weighted by Gasteiger charge is 2.29. The van der Waals surface area contributed by atoms with Gasteiger partial charge in [0, 0.05) is 42.0 Å². The third-order valence-electron chi connectivity index (χ3n) is 5.13. The van der Waals surface area contributed by atoms with E-state index in [1.807, 2.05) is 17.0 Å². The minimum absolute atomic E-state index is 0.143. The molecule has 0 aliphatic carbocycles. The zero-order chi connectivity index (χ0) is 17.2. The normalized spacial score (nSPS) is 19.4. The lowest BCUT2D eigenvalue weighted by molar-refractivity contribution is -0.140. The summed E-state index contributed by atoms with van der Waals surface area (Å²) in [7, 11) is 0. The average molecular weight is 404 g/mol. The minimum Gasteiger partial charge on any atom is -0.378 e. The van der Waals surface area contributed by atoms with Gasteiger partial charge in [-0.05, 0) is 37.1 Å². The summed E-state index contributed by atoms with van der Waals surface area (Å²) in [6.45, 7) is 4.57. The van der Waals surface area contributed by atoms with E-state index in [4.69, 9.17) is 9.72 Å². The molecule has 132 valence electrons. The molecule has 2 aromatic rings. The van der Waals surface area contributed by atoms with Crippen molar-refractivity contribution >= 4 is 38.6 Å². The maximum absolute atomic E-state index is 12.6. The predicted octanol–water partition coefficient (Wildman–Crippen LogP) is 3.07. The van der Waals surface area contributed by atoms with Crippen LogP contribution >= 0.6 is 15.9 Å². The summed E-state index contributed by atoms with van der Waals surface area (Å²) in [5.74, 6) is 1.45. The molecule has 2 aliphatic rings. The van der Waals surface area contributed by atoms with Crippen LogP contribution in [0.25, 0.3) is 10.9 Å². The number of benzene rings is 1. The van der Waals surface area contributed by atoms with Gasteiger partial charge in [-0.1, -0.05) is 22.0 Å². The summed E-state index contributed by atoms with van der Waals surface area (Å²) < 4.78 is 6.38. The Hall–Kier alpha value is -1.66. The number of amides is 1. The fraction of sp³-hybridized carbons (Fsp3) is 0.474.